The van der Waals surface area contributed by atoms with E-state index in [0.29, 0.717) is 16.7 Å². The zero-order valence-electron chi connectivity index (χ0n) is 13.1. The first-order valence-electron chi connectivity index (χ1n) is 6.84. The van der Waals surface area contributed by atoms with Crippen LogP contribution < -0.4 is 11.5 Å². The predicted octanol–water partition coefficient (Wildman–Crippen LogP) is 2.24. The molecule has 1 amide bonds. The van der Waals surface area contributed by atoms with Crippen molar-refractivity contribution in [2.45, 2.75) is 11.8 Å². The van der Waals surface area contributed by atoms with Crippen molar-refractivity contribution in [1.82, 2.24) is 0 Å². The molecule has 0 saturated heterocycles. The summed E-state index contributed by atoms with van der Waals surface area (Å²) in [7, 11) is -3.57. The zero-order valence-corrected chi connectivity index (χ0v) is 15.5. The molecule has 0 fully saturated rings. The fraction of sp³-hybridized carbons (Fsp3) is 0.125. The Bertz CT molecular complexity index is 949. The molecule has 0 spiro atoms. The van der Waals surface area contributed by atoms with Gasteiger partial charge in [0, 0.05) is 21.9 Å². The Morgan fingerprint density at radius 1 is 1.17 bits per heavy atom. The molecule has 126 valence electrons. The van der Waals surface area contributed by atoms with Crippen molar-refractivity contribution in [3.05, 3.63) is 52.0 Å². The number of benzene rings is 2. The summed E-state index contributed by atoms with van der Waals surface area (Å²) in [6, 6.07) is 10.2. The number of hydrogen-bond acceptors (Lipinski definition) is 3. The number of aryl methyl sites for hydroxylation is 1. The Labute approximate surface area is 148 Å². The van der Waals surface area contributed by atoms with Gasteiger partial charge in [0.1, 0.15) is 0 Å². The van der Waals surface area contributed by atoms with Crippen LogP contribution in [0.3, 0.4) is 0 Å². The molecule has 0 aliphatic heterocycles. The van der Waals surface area contributed by atoms with Gasteiger partial charge in [0.15, 0.2) is 15.8 Å². The quantitative estimate of drug-likeness (QED) is 0.595. The Balaban J connectivity index is 2.76. The average molecular weight is 410 g/mol. The van der Waals surface area contributed by atoms with E-state index in [9.17, 15) is 13.2 Å². The van der Waals surface area contributed by atoms with Gasteiger partial charge in [0.2, 0.25) is 0 Å². The summed E-state index contributed by atoms with van der Waals surface area (Å²) in [6.45, 7) is 1.70. The Morgan fingerprint density at radius 3 is 2.38 bits per heavy atom. The van der Waals surface area contributed by atoms with Gasteiger partial charge in [-0.3, -0.25) is 4.79 Å². The SMILES string of the molecule is Cc1cc(-c2cccc(Br)c2)c(S(C)(=O)=O)cc1C(=O)N=C(N)N. The maximum atomic E-state index is 12.2. The van der Waals surface area contributed by atoms with E-state index in [1.54, 1.807) is 31.2 Å². The van der Waals surface area contributed by atoms with Gasteiger partial charge in [0.25, 0.3) is 5.91 Å². The number of halogens is 1. The zero-order chi connectivity index (χ0) is 18.1. The second-order valence-electron chi connectivity index (χ2n) is 5.29. The summed E-state index contributed by atoms with van der Waals surface area (Å²) in [5, 5.41) is 0. The Hall–Kier alpha value is -2.19. The van der Waals surface area contributed by atoms with Gasteiger partial charge >= 0.3 is 0 Å². The number of rotatable bonds is 3. The molecular formula is C16H16BrN3O3S. The molecule has 2 rings (SSSR count). The van der Waals surface area contributed by atoms with Crippen LogP contribution in [0.4, 0.5) is 0 Å². The van der Waals surface area contributed by atoms with Crippen molar-refractivity contribution in [3.8, 4) is 11.1 Å². The topological polar surface area (TPSA) is 116 Å². The number of hydrogen-bond donors (Lipinski definition) is 2. The molecule has 4 N–H and O–H groups in total. The van der Waals surface area contributed by atoms with E-state index >= 15 is 0 Å². The van der Waals surface area contributed by atoms with Crippen molar-refractivity contribution < 1.29 is 13.2 Å². The van der Waals surface area contributed by atoms with Crippen molar-refractivity contribution in [3.63, 3.8) is 0 Å². The molecule has 0 aromatic heterocycles. The highest BCUT2D eigenvalue weighted by atomic mass is 79.9. The van der Waals surface area contributed by atoms with E-state index < -0.39 is 15.7 Å². The van der Waals surface area contributed by atoms with Crippen LogP contribution in [0.1, 0.15) is 15.9 Å². The summed E-state index contributed by atoms with van der Waals surface area (Å²) < 4.78 is 25.2. The summed E-state index contributed by atoms with van der Waals surface area (Å²) in [4.78, 5) is 15.6. The smallest absolute Gasteiger partial charge is 0.280 e. The summed E-state index contributed by atoms with van der Waals surface area (Å²) >= 11 is 3.37. The normalized spacial score (nSPS) is 11.1. The molecule has 0 bridgehead atoms. The first-order valence-corrected chi connectivity index (χ1v) is 9.52. The number of guanidine groups is 1. The van der Waals surface area contributed by atoms with Crippen molar-refractivity contribution in [2.75, 3.05) is 6.26 Å². The largest absolute Gasteiger partial charge is 0.370 e. The van der Waals surface area contributed by atoms with Gasteiger partial charge in [-0.2, -0.15) is 4.99 Å². The van der Waals surface area contributed by atoms with Crippen LogP contribution >= 0.6 is 15.9 Å². The fourth-order valence-electron chi connectivity index (χ4n) is 2.28. The van der Waals surface area contributed by atoms with Crippen molar-refractivity contribution in [1.29, 1.82) is 0 Å². The van der Waals surface area contributed by atoms with E-state index in [0.717, 1.165) is 10.7 Å². The minimum absolute atomic E-state index is 0.0420. The number of carbonyl (C=O) groups is 1. The first-order chi connectivity index (χ1) is 11.1. The molecule has 24 heavy (non-hydrogen) atoms. The molecule has 8 heteroatoms. The molecule has 2 aromatic carbocycles. The third kappa shape index (κ3) is 4.01. The van der Waals surface area contributed by atoms with Crippen LogP contribution in [0.2, 0.25) is 0 Å². The van der Waals surface area contributed by atoms with E-state index in [4.69, 9.17) is 11.5 Å². The van der Waals surface area contributed by atoms with Crippen LogP contribution in [0.5, 0.6) is 0 Å². The molecule has 2 aromatic rings. The third-order valence-electron chi connectivity index (χ3n) is 3.32. The van der Waals surface area contributed by atoms with Gasteiger partial charge in [-0.15, -0.1) is 0 Å². The number of aliphatic imine (C=N–C) groups is 1. The second-order valence-corrected chi connectivity index (χ2v) is 8.19. The van der Waals surface area contributed by atoms with Gasteiger partial charge in [0.05, 0.1) is 4.90 Å². The lowest BCUT2D eigenvalue weighted by Crippen LogP contribution is -2.24. The summed E-state index contributed by atoms with van der Waals surface area (Å²) in [5.74, 6) is -1.06. The van der Waals surface area contributed by atoms with E-state index in [2.05, 4.69) is 20.9 Å². The Kier molecular flexibility index (Phi) is 5.10. The maximum Gasteiger partial charge on any atom is 0.280 e. The minimum atomic E-state index is -3.57. The molecule has 0 heterocycles. The van der Waals surface area contributed by atoms with Crippen molar-refractivity contribution in [2.24, 2.45) is 16.5 Å². The molecule has 0 radical (unpaired) electrons. The lowest BCUT2D eigenvalue weighted by atomic mass is 9.99. The van der Waals surface area contributed by atoms with Gasteiger partial charge in [-0.25, -0.2) is 8.42 Å². The number of sulfone groups is 1. The number of nitrogens with zero attached hydrogens (tertiary/aromatic N) is 1. The Morgan fingerprint density at radius 2 is 1.83 bits per heavy atom. The third-order valence-corrected chi connectivity index (χ3v) is 4.95. The maximum absolute atomic E-state index is 12.2. The second kappa shape index (κ2) is 6.74. The van der Waals surface area contributed by atoms with Crippen LogP contribution in [0.15, 0.2) is 50.8 Å². The number of amides is 1. The standard InChI is InChI=1S/C16H16BrN3O3S/c1-9-6-13(10-4-3-5-11(17)7-10)14(24(2,22)23)8-12(9)15(21)20-16(18)19/h3-8H,1-2H3,(H4,18,19,20,21). The highest BCUT2D eigenvalue weighted by Crippen LogP contribution is 2.32. The highest BCUT2D eigenvalue weighted by Gasteiger charge is 2.20. The molecule has 0 aliphatic carbocycles. The van der Waals surface area contributed by atoms with Gasteiger partial charge in [-0.05, 0) is 42.3 Å². The van der Waals surface area contributed by atoms with Crippen LogP contribution in [0.25, 0.3) is 11.1 Å². The van der Waals surface area contributed by atoms with Crippen LogP contribution in [-0.2, 0) is 9.84 Å². The van der Waals surface area contributed by atoms with E-state index in [1.165, 1.54) is 6.07 Å². The monoisotopic (exact) mass is 409 g/mol. The van der Waals surface area contributed by atoms with Crippen molar-refractivity contribution >= 4 is 37.6 Å². The lowest BCUT2D eigenvalue weighted by Gasteiger charge is -2.13. The lowest BCUT2D eigenvalue weighted by molar-refractivity contribution is 0.100. The first kappa shape index (κ1) is 18.2. The summed E-state index contributed by atoms with van der Waals surface area (Å²) in [6.07, 6.45) is 1.09. The van der Waals surface area contributed by atoms with Crippen LogP contribution in [0, 0.1) is 6.92 Å². The molecule has 0 saturated carbocycles. The van der Waals surface area contributed by atoms with Crippen LogP contribution in [-0.4, -0.2) is 26.5 Å². The molecular weight excluding hydrogens is 394 g/mol. The number of carbonyl (C=O) groups excluding carboxylic acids is 1. The molecule has 0 atom stereocenters. The van der Waals surface area contributed by atoms with E-state index in [1.807, 2.05) is 6.07 Å². The predicted molar refractivity (Wildman–Crippen MR) is 97.6 cm³/mol. The summed E-state index contributed by atoms with van der Waals surface area (Å²) in [5.41, 5.74) is 12.4. The minimum Gasteiger partial charge on any atom is -0.370 e. The molecule has 0 aliphatic rings. The molecule has 6 nitrogen and oxygen atoms in total. The number of nitrogens with two attached hydrogens (primary N) is 2. The highest BCUT2D eigenvalue weighted by molar-refractivity contribution is 9.10. The van der Waals surface area contributed by atoms with Gasteiger partial charge in [-0.1, -0.05) is 28.1 Å². The van der Waals surface area contributed by atoms with Gasteiger partial charge < -0.3 is 11.5 Å². The molecule has 0 unspecified atom stereocenters. The van der Waals surface area contributed by atoms with E-state index in [-0.39, 0.29) is 16.4 Å². The fourth-order valence-corrected chi connectivity index (χ4v) is 3.59. The average Bonchev–Trinajstić information content (AvgIpc) is 2.44.